The number of rotatable bonds is 2. The van der Waals surface area contributed by atoms with Crippen molar-refractivity contribution in [3.05, 3.63) is 30.5 Å². The number of alkyl halides is 1. The molecule has 0 unspecified atom stereocenters. The Morgan fingerprint density at radius 3 is 3.08 bits per heavy atom. The van der Waals surface area contributed by atoms with Crippen molar-refractivity contribution >= 4 is 11.6 Å². The zero-order valence-electron chi connectivity index (χ0n) is 6.63. The van der Waals surface area contributed by atoms with E-state index in [1.165, 1.54) is 6.33 Å². The van der Waals surface area contributed by atoms with Crippen LogP contribution < -0.4 is 0 Å². The van der Waals surface area contributed by atoms with Crippen LogP contribution in [0.25, 0.3) is 5.82 Å². The van der Waals surface area contributed by atoms with Gasteiger partial charge in [-0.3, -0.25) is 0 Å². The molecular formula is C7H6ClN5. The van der Waals surface area contributed by atoms with Crippen LogP contribution >= 0.6 is 11.6 Å². The number of nitrogens with zero attached hydrogens (tertiary/aromatic N) is 5. The molecule has 5 nitrogen and oxygen atoms in total. The van der Waals surface area contributed by atoms with Crippen LogP contribution in [-0.2, 0) is 5.88 Å². The Hall–Kier alpha value is -1.49. The first-order valence-corrected chi connectivity index (χ1v) is 4.18. The molecule has 0 aromatic carbocycles. The van der Waals surface area contributed by atoms with Gasteiger partial charge in [-0.25, -0.2) is 4.98 Å². The lowest BCUT2D eigenvalue weighted by Gasteiger charge is -1.99. The molecule has 0 atom stereocenters. The quantitative estimate of drug-likeness (QED) is 0.665. The van der Waals surface area contributed by atoms with E-state index in [2.05, 4.69) is 20.3 Å². The predicted octanol–water partition coefficient (Wildman–Crippen LogP) is 0.796. The number of halogens is 1. The van der Waals surface area contributed by atoms with E-state index < -0.39 is 0 Å². The van der Waals surface area contributed by atoms with Gasteiger partial charge in [-0.1, -0.05) is 0 Å². The molecule has 66 valence electrons. The first-order valence-electron chi connectivity index (χ1n) is 3.65. The standard InChI is InChI=1S/C7H6ClN5/c8-4-7-9-5-11-13(7)6-2-1-3-10-12-6/h1-3,5H,4H2. The van der Waals surface area contributed by atoms with Crippen molar-refractivity contribution in [2.45, 2.75) is 5.88 Å². The molecular weight excluding hydrogens is 190 g/mol. The molecule has 0 aliphatic rings. The van der Waals surface area contributed by atoms with Crippen molar-refractivity contribution in [2.24, 2.45) is 0 Å². The molecule has 0 N–H and O–H groups in total. The summed E-state index contributed by atoms with van der Waals surface area (Å²) in [5, 5.41) is 11.6. The molecule has 6 heteroatoms. The smallest absolute Gasteiger partial charge is 0.177 e. The fourth-order valence-corrected chi connectivity index (χ4v) is 1.14. The van der Waals surface area contributed by atoms with Gasteiger partial charge in [-0.2, -0.15) is 14.9 Å². The molecule has 0 aliphatic carbocycles. The van der Waals surface area contributed by atoms with Crippen molar-refractivity contribution in [3.63, 3.8) is 0 Å². The van der Waals surface area contributed by atoms with Gasteiger partial charge in [-0.15, -0.1) is 16.7 Å². The van der Waals surface area contributed by atoms with Crippen molar-refractivity contribution in [1.29, 1.82) is 0 Å². The molecule has 0 aliphatic heterocycles. The van der Waals surface area contributed by atoms with Crippen LogP contribution in [-0.4, -0.2) is 25.0 Å². The Balaban J connectivity index is 2.47. The highest BCUT2D eigenvalue weighted by Gasteiger charge is 2.05. The highest BCUT2D eigenvalue weighted by molar-refractivity contribution is 6.16. The topological polar surface area (TPSA) is 56.5 Å². The van der Waals surface area contributed by atoms with Gasteiger partial charge in [0.1, 0.15) is 12.2 Å². The minimum Gasteiger partial charge on any atom is -0.218 e. The van der Waals surface area contributed by atoms with E-state index in [0.29, 0.717) is 17.5 Å². The van der Waals surface area contributed by atoms with Crippen molar-refractivity contribution < 1.29 is 0 Å². The summed E-state index contributed by atoms with van der Waals surface area (Å²) in [6.45, 7) is 0. The highest BCUT2D eigenvalue weighted by atomic mass is 35.5. The Labute approximate surface area is 79.4 Å². The molecule has 13 heavy (non-hydrogen) atoms. The number of aromatic nitrogens is 5. The van der Waals surface area contributed by atoms with Crippen LogP contribution in [0.3, 0.4) is 0 Å². The van der Waals surface area contributed by atoms with Gasteiger partial charge in [0.15, 0.2) is 5.82 Å². The van der Waals surface area contributed by atoms with Crippen LogP contribution in [0, 0.1) is 0 Å². The molecule has 0 radical (unpaired) electrons. The summed E-state index contributed by atoms with van der Waals surface area (Å²) < 4.78 is 1.56. The van der Waals surface area contributed by atoms with Gasteiger partial charge in [0, 0.05) is 6.20 Å². The van der Waals surface area contributed by atoms with Crippen LogP contribution in [0.15, 0.2) is 24.7 Å². The first-order chi connectivity index (χ1) is 6.42. The molecule has 0 fully saturated rings. The summed E-state index contributed by atoms with van der Waals surface area (Å²) in [5.74, 6) is 1.58. The maximum absolute atomic E-state index is 5.65. The Morgan fingerprint density at radius 1 is 1.46 bits per heavy atom. The van der Waals surface area contributed by atoms with Crippen LogP contribution in [0.1, 0.15) is 5.82 Å². The van der Waals surface area contributed by atoms with E-state index >= 15 is 0 Å². The van der Waals surface area contributed by atoms with Gasteiger partial charge in [-0.05, 0) is 12.1 Å². The Kier molecular flexibility index (Phi) is 2.18. The second-order valence-electron chi connectivity index (χ2n) is 2.30. The number of hydrogen-bond acceptors (Lipinski definition) is 4. The first kappa shape index (κ1) is 8.12. The molecule has 0 bridgehead atoms. The molecule has 2 rings (SSSR count). The third-order valence-electron chi connectivity index (χ3n) is 1.51. The second kappa shape index (κ2) is 3.49. The maximum Gasteiger partial charge on any atom is 0.177 e. The van der Waals surface area contributed by atoms with Crippen molar-refractivity contribution in [2.75, 3.05) is 0 Å². The van der Waals surface area contributed by atoms with Gasteiger partial charge >= 0.3 is 0 Å². The third kappa shape index (κ3) is 1.50. The summed E-state index contributed by atoms with van der Waals surface area (Å²) in [6, 6.07) is 3.57. The Morgan fingerprint density at radius 2 is 2.38 bits per heavy atom. The SMILES string of the molecule is ClCc1ncnn1-c1cccnn1. The minimum atomic E-state index is 0.302. The van der Waals surface area contributed by atoms with Gasteiger partial charge < -0.3 is 0 Å². The minimum absolute atomic E-state index is 0.302. The average molecular weight is 196 g/mol. The average Bonchev–Trinajstić information content (AvgIpc) is 2.67. The van der Waals surface area contributed by atoms with E-state index in [1.54, 1.807) is 23.0 Å². The Bertz CT molecular complexity index is 385. The summed E-state index contributed by atoms with van der Waals surface area (Å²) in [5.41, 5.74) is 0. The summed E-state index contributed by atoms with van der Waals surface area (Å²) in [7, 11) is 0. The zero-order valence-corrected chi connectivity index (χ0v) is 7.39. The monoisotopic (exact) mass is 195 g/mol. The molecule has 0 saturated heterocycles. The van der Waals surface area contributed by atoms with Gasteiger partial charge in [0.05, 0.1) is 5.88 Å². The van der Waals surface area contributed by atoms with E-state index in [0.717, 1.165) is 0 Å². The largest absolute Gasteiger partial charge is 0.218 e. The highest BCUT2D eigenvalue weighted by Crippen LogP contribution is 2.05. The molecule has 2 aromatic rings. The second-order valence-corrected chi connectivity index (χ2v) is 2.57. The van der Waals surface area contributed by atoms with E-state index in [1.807, 2.05) is 0 Å². The molecule has 0 saturated carbocycles. The van der Waals surface area contributed by atoms with Gasteiger partial charge in [0.25, 0.3) is 0 Å². The van der Waals surface area contributed by atoms with E-state index in [-0.39, 0.29) is 0 Å². The number of hydrogen-bond donors (Lipinski definition) is 0. The van der Waals surface area contributed by atoms with Crippen LogP contribution in [0.5, 0.6) is 0 Å². The molecule has 0 spiro atoms. The lowest BCUT2D eigenvalue weighted by Crippen LogP contribution is -2.04. The zero-order chi connectivity index (χ0) is 9.10. The maximum atomic E-state index is 5.65. The summed E-state index contributed by atoms with van der Waals surface area (Å²) >= 11 is 5.65. The normalized spacial score (nSPS) is 10.2. The summed E-state index contributed by atoms with van der Waals surface area (Å²) in [4.78, 5) is 3.96. The summed E-state index contributed by atoms with van der Waals surface area (Å²) in [6.07, 6.45) is 3.03. The molecule has 2 aromatic heterocycles. The van der Waals surface area contributed by atoms with Crippen molar-refractivity contribution in [3.8, 4) is 5.82 Å². The third-order valence-corrected chi connectivity index (χ3v) is 1.75. The predicted molar refractivity (Wildman–Crippen MR) is 46.5 cm³/mol. The lowest BCUT2D eigenvalue weighted by molar-refractivity contribution is 0.780. The fourth-order valence-electron chi connectivity index (χ4n) is 0.954. The lowest BCUT2D eigenvalue weighted by atomic mass is 10.5. The molecule has 0 amide bonds. The van der Waals surface area contributed by atoms with Crippen LogP contribution in [0.2, 0.25) is 0 Å². The van der Waals surface area contributed by atoms with E-state index in [4.69, 9.17) is 11.6 Å². The molecule has 2 heterocycles. The van der Waals surface area contributed by atoms with Crippen LogP contribution in [0.4, 0.5) is 0 Å². The van der Waals surface area contributed by atoms with E-state index in [9.17, 15) is 0 Å². The van der Waals surface area contributed by atoms with Crippen molar-refractivity contribution in [1.82, 2.24) is 25.0 Å². The fraction of sp³-hybridized carbons (Fsp3) is 0.143. The van der Waals surface area contributed by atoms with Gasteiger partial charge in [0.2, 0.25) is 0 Å².